The molecule has 0 atom stereocenters. The van der Waals surface area contributed by atoms with E-state index in [2.05, 4.69) is 22.6 Å². The molecule has 0 aliphatic carbocycles. The van der Waals surface area contributed by atoms with E-state index in [1.165, 1.54) is 0 Å². The summed E-state index contributed by atoms with van der Waals surface area (Å²) in [6.07, 6.45) is 1.48. The lowest BCUT2D eigenvalue weighted by atomic mass is 9.92. The fourth-order valence-corrected chi connectivity index (χ4v) is 3.62. The van der Waals surface area contributed by atoms with E-state index in [1.807, 2.05) is 6.92 Å². The number of hydrogen-bond acceptors (Lipinski definition) is 13. The van der Waals surface area contributed by atoms with Crippen molar-refractivity contribution in [3.05, 3.63) is 72.8 Å². The van der Waals surface area contributed by atoms with Crippen molar-refractivity contribution in [1.82, 2.24) is 0 Å². The predicted molar refractivity (Wildman–Crippen MR) is 157 cm³/mol. The van der Waals surface area contributed by atoms with Gasteiger partial charge in [0.05, 0.1) is 14.2 Å². The molecule has 13 heteroatoms. The van der Waals surface area contributed by atoms with Crippen LogP contribution >= 0.6 is 0 Å². The molecule has 0 amide bonds. The number of methoxy groups -OCH3 is 2. The number of rotatable bonds is 14. The second-order valence-electron chi connectivity index (χ2n) is 9.60. The summed E-state index contributed by atoms with van der Waals surface area (Å²) in [5, 5.41) is 0. The minimum Gasteiger partial charge on any atom is -0.493 e. The first-order chi connectivity index (χ1) is 21.4. The van der Waals surface area contributed by atoms with Gasteiger partial charge in [-0.25, -0.2) is 28.8 Å². The second kappa shape index (κ2) is 17.0. The standard InChI is InChI=1S/C32H34O13/c1-7-21-15-24(13-14-25(21)22-9-11-23(12-10-22)45-27(34)20(3)4)41-16-32(17-42-26(33)8-2,18-43-30(37)28(35)39-5)19-44-31(38)29(36)40-6/h8-15H,2-3,7,16-19H2,1,4-6H3. The van der Waals surface area contributed by atoms with Crippen molar-refractivity contribution in [2.24, 2.45) is 5.41 Å². The van der Waals surface area contributed by atoms with Gasteiger partial charge in [-0.05, 0) is 54.3 Å². The van der Waals surface area contributed by atoms with E-state index < -0.39 is 61.1 Å². The molecule has 0 N–H and O–H groups in total. The first-order valence-electron chi connectivity index (χ1n) is 13.4. The predicted octanol–water partition coefficient (Wildman–Crippen LogP) is 2.92. The van der Waals surface area contributed by atoms with Crippen LogP contribution in [0.3, 0.4) is 0 Å². The molecule has 0 spiro atoms. The molecule has 0 saturated heterocycles. The van der Waals surface area contributed by atoms with E-state index >= 15 is 0 Å². The van der Waals surface area contributed by atoms with Crippen LogP contribution in [0.2, 0.25) is 0 Å². The van der Waals surface area contributed by atoms with Crippen LogP contribution in [0.5, 0.6) is 11.5 Å². The normalized spacial score (nSPS) is 10.5. The van der Waals surface area contributed by atoms with E-state index in [4.69, 9.17) is 23.7 Å². The lowest BCUT2D eigenvalue weighted by Gasteiger charge is -2.31. The zero-order chi connectivity index (χ0) is 33.6. The van der Waals surface area contributed by atoms with Crippen LogP contribution in [0.25, 0.3) is 11.1 Å². The Bertz CT molecular complexity index is 1410. The van der Waals surface area contributed by atoms with E-state index in [9.17, 15) is 28.8 Å². The highest BCUT2D eigenvalue weighted by atomic mass is 16.6. The van der Waals surface area contributed by atoms with Crippen LogP contribution in [0.4, 0.5) is 0 Å². The SMILES string of the molecule is C=CC(=O)OCC(COC(=O)C(=O)OC)(COC(=O)C(=O)OC)COc1ccc(-c2ccc(OC(=O)C(=C)C)cc2)c(CC)c1. The maximum Gasteiger partial charge on any atom is 0.417 e. The van der Waals surface area contributed by atoms with Gasteiger partial charge in [0, 0.05) is 11.6 Å². The zero-order valence-corrected chi connectivity index (χ0v) is 25.4. The molecule has 0 fully saturated rings. The summed E-state index contributed by atoms with van der Waals surface area (Å²) in [5.41, 5.74) is 1.25. The van der Waals surface area contributed by atoms with Crippen LogP contribution < -0.4 is 9.47 Å². The molecular weight excluding hydrogens is 592 g/mol. The van der Waals surface area contributed by atoms with Gasteiger partial charge in [0.25, 0.3) is 0 Å². The third-order valence-electron chi connectivity index (χ3n) is 6.14. The zero-order valence-electron chi connectivity index (χ0n) is 25.4. The van der Waals surface area contributed by atoms with Crippen molar-refractivity contribution in [2.45, 2.75) is 20.3 Å². The number of ether oxygens (including phenoxy) is 7. The third kappa shape index (κ3) is 10.6. The third-order valence-corrected chi connectivity index (χ3v) is 6.14. The molecule has 0 unspecified atom stereocenters. The van der Waals surface area contributed by atoms with Crippen molar-refractivity contribution >= 4 is 35.8 Å². The number of aryl methyl sites for hydroxylation is 1. The smallest absolute Gasteiger partial charge is 0.417 e. The van der Waals surface area contributed by atoms with Crippen molar-refractivity contribution < 1.29 is 61.9 Å². The molecule has 0 aliphatic heterocycles. The Balaban J connectivity index is 2.37. The van der Waals surface area contributed by atoms with Crippen molar-refractivity contribution in [3.8, 4) is 22.6 Å². The summed E-state index contributed by atoms with van der Waals surface area (Å²) in [6.45, 7) is 8.14. The summed E-state index contributed by atoms with van der Waals surface area (Å²) in [4.78, 5) is 71.1. The summed E-state index contributed by atoms with van der Waals surface area (Å²) in [5.74, 6) is -6.01. The lowest BCUT2D eigenvalue weighted by Crippen LogP contribution is -2.45. The average molecular weight is 627 g/mol. The van der Waals surface area contributed by atoms with E-state index in [0.717, 1.165) is 37.0 Å². The summed E-state index contributed by atoms with van der Waals surface area (Å²) >= 11 is 0. The molecule has 240 valence electrons. The van der Waals surface area contributed by atoms with Crippen LogP contribution in [-0.4, -0.2) is 76.5 Å². The molecule has 0 radical (unpaired) electrons. The van der Waals surface area contributed by atoms with Gasteiger partial charge < -0.3 is 33.2 Å². The molecule has 0 bridgehead atoms. The maximum atomic E-state index is 12.1. The molecule has 2 aromatic rings. The molecule has 45 heavy (non-hydrogen) atoms. The van der Waals surface area contributed by atoms with Crippen molar-refractivity contribution in [1.29, 1.82) is 0 Å². The highest BCUT2D eigenvalue weighted by Crippen LogP contribution is 2.31. The van der Waals surface area contributed by atoms with E-state index in [1.54, 1.807) is 49.4 Å². The van der Waals surface area contributed by atoms with Crippen LogP contribution in [0.1, 0.15) is 19.4 Å². The Hall–Kier alpha value is -5.46. The van der Waals surface area contributed by atoms with Gasteiger partial charge in [-0.3, -0.25) is 0 Å². The Morgan fingerprint density at radius 1 is 0.733 bits per heavy atom. The second-order valence-corrected chi connectivity index (χ2v) is 9.60. The molecule has 0 aromatic heterocycles. The van der Waals surface area contributed by atoms with Crippen molar-refractivity contribution in [3.63, 3.8) is 0 Å². The molecule has 13 nitrogen and oxygen atoms in total. The maximum absolute atomic E-state index is 12.1. The highest BCUT2D eigenvalue weighted by Gasteiger charge is 2.39. The number of carbonyl (C=O) groups excluding carboxylic acids is 6. The van der Waals surface area contributed by atoms with Gasteiger partial charge in [0.2, 0.25) is 0 Å². The topological polar surface area (TPSA) is 167 Å². The first-order valence-corrected chi connectivity index (χ1v) is 13.4. The first kappa shape index (κ1) is 35.7. The molecule has 2 aromatic carbocycles. The summed E-state index contributed by atoms with van der Waals surface area (Å²) < 4.78 is 35.2. The van der Waals surface area contributed by atoms with Gasteiger partial charge in [-0.2, -0.15) is 0 Å². The summed E-state index contributed by atoms with van der Waals surface area (Å²) in [6, 6.07) is 12.1. The quantitative estimate of drug-likeness (QED) is 0.0988. The Labute approximate surface area is 259 Å². The number of carbonyl (C=O) groups is 6. The van der Waals surface area contributed by atoms with Crippen LogP contribution in [0, 0.1) is 5.41 Å². The Morgan fingerprint density at radius 2 is 1.27 bits per heavy atom. The van der Waals surface area contributed by atoms with Gasteiger partial charge in [0.1, 0.15) is 43.3 Å². The minimum absolute atomic E-state index is 0.272. The molecule has 2 rings (SSSR count). The minimum atomic E-state index is -1.60. The van der Waals surface area contributed by atoms with E-state index in [0.29, 0.717) is 17.9 Å². The van der Waals surface area contributed by atoms with Crippen LogP contribution in [0.15, 0.2) is 67.3 Å². The molecule has 0 heterocycles. The van der Waals surface area contributed by atoms with E-state index in [-0.39, 0.29) is 12.2 Å². The largest absolute Gasteiger partial charge is 0.493 e. The Morgan fingerprint density at radius 3 is 1.76 bits per heavy atom. The lowest BCUT2D eigenvalue weighted by molar-refractivity contribution is -0.177. The highest BCUT2D eigenvalue weighted by molar-refractivity contribution is 6.30. The Kier molecular flexibility index (Phi) is 13.5. The molecule has 0 saturated carbocycles. The van der Waals surface area contributed by atoms with Gasteiger partial charge in [-0.1, -0.05) is 38.3 Å². The fraction of sp³-hybridized carbons (Fsp3) is 0.312. The monoisotopic (exact) mass is 626 g/mol. The van der Waals surface area contributed by atoms with Gasteiger partial charge in [-0.15, -0.1) is 0 Å². The van der Waals surface area contributed by atoms with Gasteiger partial charge >= 0.3 is 35.8 Å². The average Bonchev–Trinajstić information content (AvgIpc) is 3.06. The number of hydrogen-bond donors (Lipinski definition) is 0. The number of benzene rings is 2. The fourth-order valence-electron chi connectivity index (χ4n) is 3.62. The van der Waals surface area contributed by atoms with Crippen molar-refractivity contribution in [2.75, 3.05) is 40.6 Å². The van der Waals surface area contributed by atoms with Crippen LogP contribution in [-0.2, 0) is 58.9 Å². The molecule has 0 aliphatic rings. The molecular formula is C32H34O13. The van der Waals surface area contributed by atoms with Gasteiger partial charge in [0.15, 0.2) is 0 Å². The summed E-state index contributed by atoms with van der Waals surface area (Å²) in [7, 11) is 1.96. The number of esters is 6.